The van der Waals surface area contributed by atoms with E-state index < -0.39 is 24.0 Å². The largest absolute Gasteiger partial charge is 0.480 e. The van der Waals surface area contributed by atoms with E-state index in [1.807, 2.05) is 56.3 Å². The summed E-state index contributed by atoms with van der Waals surface area (Å²) in [5.74, 6) is -2.59. The first kappa shape index (κ1) is 27.6. The second kappa shape index (κ2) is 12.9. The molecule has 2 aromatic carbocycles. The van der Waals surface area contributed by atoms with Crippen LogP contribution in [-0.2, 0) is 14.4 Å². The van der Waals surface area contributed by atoms with Crippen LogP contribution >= 0.6 is 11.6 Å². The van der Waals surface area contributed by atoms with E-state index in [2.05, 4.69) is 22.3 Å². The molecule has 0 aromatic heterocycles. The Morgan fingerprint density at radius 3 is 1.94 bits per heavy atom. The van der Waals surface area contributed by atoms with Crippen LogP contribution < -0.4 is 5.32 Å². The standard InChI is InChI=1S/C27H34ClN3O5/c1-18(2)16-22(26(33)34)29-23(27(35)36)17-24(32)30-12-14-31(15-13-30)25(19-6-4-3-5-7-19)20-8-10-21(28)11-9-20/h3-11,18,22-23,25,29H,12-17H2,1-2H3,(H,33,34)(H,35,36). The lowest BCUT2D eigenvalue weighted by Gasteiger charge is -2.40. The molecule has 0 saturated carbocycles. The Labute approximate surface area is 216 Å². The van der Waals surface area contributed by atoms with Crippen LogP contribution in [0.4, 0.5) is 0 Å². The zero-order valence-corrected chi connectivity index (χ0v) is 21.4. The molecule has 3 unspecified atom stereocenters. The quantitative estimate of drug-likeness (QED) is 0.420. The molecule has 0 spiro atoms. The van der Waals surface area contributed by atoms with Crippen LogP contribution in [-0.4, -0.2) is 76.1 Å². The van der Waals surface area contributed by atoms with Crippen LogP contribution in [0, 0.1) is 5.92 Å². The zero-order chi connectivity index (χ0) is 26.2. The molecule has 8 nitrogen and oxygen atoms in total. The van der Waals surface area contributed by atoms with E-state index in [-0.39, 0.29) is 30.7 Å². The first-order valence-electron chi connectivity index (χ1n) is 12.2. The second-order valence-electron chi connectivity index (χ2n) is 9.56. The van der Waals surface area contributed by atoms with E-state index in [0.717, 1.165) is 11.1 Å². The molecule has 3 atom stereocenters. The molecule has 9 heteroatoms. The number of carboxylic acid groups (broad SMARTS) is 2. The maximum Gasteiger partial charge on any atom is 0.321 e. The van der Waals surface area contributed by atoms with E-state index in [0.29, 0.717) is 31.2 Å². The third-order valence-electron chi connectivity index (χ3n) is 6.42. The van der Waals surface area contributed by atoms with Gasteiger partial charge in [0.05, 0.1) is 12.5 Å². The Bertz CT molecular complexity index is 1020. The summed E-state index contributed by atoms with van der Waals surface area (Å²) >= 11 is 6.10. The summed E-state index contributed by atoms with van der Waals surface area (Å²) in [6.45, 7) is 5.87. The lowest BCUT2D eigenvalue weighted by Crippen LogP contribution is -2.53. The highest BCUT2D eigenvalue weighted by Crippen LogP contribution is 2.30. The predicted molar refractivity (Wildman–Crippen MR) is 138 cm³/mol. The Balaban J connectivity index is 1.66. The molecule has 36 heavy (non-hydrogen) atoms. The molecular weight excluding hydrogens is 482 g/mol. The van der Waals surface area contributed by atoms with E-state index >= 15 is 0 Å². The third kappa shape index (κ3) is 7.53. The van der Waals surface area contributed by atoms with Crippen LogP contribution in [0.3, 0.4) is 0 Å². The van der Waals surface area contributed by atoms with E-state index in [4.69, 9.17) is 11.6 Å². The summed E-state index contributed by atoms with van der Waals surface area (Å²) in [5, 5.41) is 22.4. The Morgan fingerprint density at radius 1 is 0.861 bits per heavy atom. The number of rotatable bonds is 11. The van der Waals surface area contributed by atoms with Gasteiger partial charge in [-0.3, -0.25) is 24.6 Å². The average molecular weight is 516 g/mol. The molecule has 1 aliphatic rings. The number of halogens is 1. The molecule has 3 N–H and O–H groups in total. The Morgan fingerprint density at radius 2 is 1.42 bits per heavy atom. The summed E-state index contributed by atoms with van der Waals surface area (Å²) in [7, 11) is 0. The van der Waals surface area contributed by atoms with Crippen molar-refractivity contribution in [2.24, 2.45) is 5.92 Å². The van der Waals surface area contributed by atoms with Gasteiger partial charge in [-0.2, -0.15) is 0 Å². The van der Waals surface area contributed by atoms with Gasteiger partial charge in [0.1, 0.15) is 12.1 Å². The van der Waals surface area contributed by atoms with E-state index in [1.54, 1.807) is 4.90 Å². The molecule has 1 amide bonds. The van der Waals surface area contributed by atoms with Gasteiger partial charge in [0, 0.05) is 31.2 Å². The highest BCUT2D eigenvalue weighted by atomic mass is 35.5. The highest BCUT2D eigenvalue weighted by Gasteiger charge is 2.32. The molecule has 1 heterocycles. The summed E-state index contributed by atoms with van der Waals surface area (Å²) < 4.78 is 0. The minimum absolute atomic E-state index is 0.00140. The minimum Gasteiger partial charge on any atom is -0.480 e. The number of carboxylic acids is 2. The molecule has 0 aliphatic carbocycles. The topological polar surface area (TPSA) is 110 Å². The number of nitrogens with one attached hydrogen (secondary N) is 1. The van der Waals surface area contributed by atoms with E-state index in [9.17, 15) is 24.6 Å². The lowest BCUT2D eigenvalue weighted by molar-refractivity contribution is -0.146. The van der Waals surface area contributed by atoms with Crippen molar-refractivity contribution in [3.63, 3.8) is 0 Å². The average Bonchev–Trinajstić information content (AvgIpc) is 2.85. The number of amides is 1. The van der Waals surface area contributed by atoms with Gasteiger partial charge in [-0.15, -0.1) is 0 Å². The number of hydrogen-bond donors (Lipinski definition) is 3. The number of piperazine rings is 1. The summed E-state index contributed by atoms with van der Waals surface area (Å²) in [4.78, 5) is 40.3. The second-order valence-corrected chi connectivity index (χ2v) is 10.00. The maximum atomic E-state index is 13.0. The monoisotopic (exact) mass is 515 g/mol. The Kier molecular flexibility index (Phi) is 9.87. The molecule has 1 saturated heterocycles. The van der Waals surface area contributed by atoms with Gasteiger partial charge in [-0.25, -0.2) is 0 Å². The molecule has 0 bridgehead atoms. The molecular formula is C27H34ClN3O5. The fourth-order valence-electron chi connectivity index (χ4n) is 4.60. The normalized spacial score (nSPS) is 16.9. The number of carbonyl (C=O) groups excluding carboxylic acids is 1. The van der Waals surface area contributed by atoms with Crippen LogP contribution in [0.2, 0.25) is 5.02 Å². The van der Waals surface area contributed by atoms with Crippen molar-refractivity contribution in [1.29, 1.82) is 0 Å². The Hall–Kier alpha value is -2.94. The van der Waals surface area contributed by atoms with Crippen molar-refractivity contribution in [2.45, 2.75) is 44.8 Å². The van der Waals surface area contributed by atoms with Gasteiger partial charge >= 0.3 is 11.9 Å². The van der Waals surface area contributed by atoms with Crippen molar-refractivity contribution < 1.29 is 24.6 Å². The SMILES string of the molecule is CC(C)CC(NC(CC(=O)N1CCN(C(c2ccccc2)c2ccc(Cl)cc2)CC1)C(=O)O)C(=O)O. The fourth-order valence-corrected chi connectivity index (χ4v) is 4.73. The highest BCUT2D eigenvalue weighted by molar-refractivity contribution is 6.30. The summed E-state index contributed by atoms with van der Waals surface area (Å²) in [5.41, 5.74) is 2.24. The summed E-state index contributed by atoms with van der Waals surface area (Å²) in [6.07, 6.45) is -0.0198. The molecule has 3 rings (SSSR count). The number of aliphatic carboxylic acids is 2. The van der Waals surface area contributed by atoms with Gasteiger partial charge in [0.25, 0.3) is 0 Å². The number of benzene rings is 2. The van der Waals surface area contributed by atoms with Crippen molar-refractivity contribution in [1.82, 2.24) is 15.1 Å². The zero-order valence-electron chi connectivity index (χ0n) is 20.6. The number of carbonyl (C=O) groups is 3. The summed E-state index contributed by atoms with van der Waals surface area (Å²) in [6, 6.07) is 15.6. The van der Waals surface area contributed by atoms with Gasteiger partial charge in [0.15, 0.2) is 0 Å². The van der Waals surface area contributed by atoms with Crippen LogP contribution in [0.25, 0.3) is 0 Å². The van der Waals surface area contributed by atoms with Gasteiger partial charge in [0.2, 0.25) is 5.91 Å². The lowest BCUT2D eigenvalue weighted by atomic mass is 9.96. The van der Waals surface area contributed by atoms with Crippen molar-refractivity contribution in [2.75, 3.05) is 26.2 Å². The van der Waals surface area contributed by atoms with Crippen LogP contribution in [0.1, 0.15) is 43.9 Å². The smallest absolute Gasteiger partial charge is 0.321 e. The number of nitrogens with zero attached hydrogens (tertiary/aromatic N) is 2. The molecule has 1 fully saturated rings. The molecule has 194 valence electrons. The number of hydrogen-bond acceptors (Lipinski definition) is 5. The maximum absolute atomic E-state index is 13.0. The van der Waals surface area contributed by atoms with Crippen molar-refractivity contribution >= 4 is 29.4 Å². The predicted octanol–water partition coefficient (Wildman–Crippen LogP) is 3.51. The van der Waals surface area contributed by atoms with Crippen LogP contribution in [0.5, 0.6) is 0 Å². The van der Waals surface area contributed by atoms with Crippen molar-refractivity contribution in [3.05, 3.63) is 70.7 Å². The van der Waals surface area contributed by atoms with Gasteiger partial charge in [-0.05, 0) is 35.6 Å². The molecule has 0 radical (unpaired) electrons. The first-order valence-corrected chi connectivity index (χ1v) is 12.6. The van der Waals surface area contributed by atoms with Crippen molar-refractivity contribution in [3.8, 4) is 0 Å². The van der Waals surface area contributed by atoms with Gasteiger partial charge < -0.3 is 15.1 Å². The molecule has 1 aliphatic heterocycles. The van der Waals surface area contributed by atoms with E-state index in [1.165, 1.54) is 0 Å². The fraction of sp³-hybridized carbons (Fsp3) is 0.444. The minimum atomic E-state index is -1.26. The van der Waals surface area contributed by atoms with Crippen LogP contribution in [0.15, 0.2) is 54.6 Å². The third-order valence-corrected chi connectivity index (χ3v) is 6.67. The first-order chi connectivity index (χ1) is 17.2. The van der Waals surface area contributed by atoms with Gasteiger partial charge in [-0.1, -0.05) is 67.9 Å². The molecule has 2 aromatic rings.